The summed E-state index contributed by atoms with van der Waals surface area (Å²) in [5.74, 6) is -0.643. The molecule has 1 aliphatic carbocycles. The number of pyridine rings is 1. The van der Waals surface area contributed by atoms with E-state index < -0.39 is 11.4 Å². The van der Waals surface area contributed by atoms with E-state index in [1.807, 2.05) is 17.6 Å². The third-order valence-electron chi connectivity index (χ3n) is 6.14. The Labute approximate surface area is 169 Å². The quantitative estimate of drug-likeness (QED) is 0.782. The molecule has 2 aliphatic rings. The average Bonchev–Trinajstić information content (AvgIpc) is 3.41. The van der Waals surface area contributed by atoms with Gasteiger partial charge in [-0.15, -0.1) is 0 Å². The number of anilines is 1. The van der Waals surface area contributed by atoms with E-state index in [4.69, 9.17) is 0 Å². The van der Waals surface area contributed by atoms with Crippen molar-refractivity contribution in [1.29, 1.82) is 0 Å². The van der Waals surface area contributed by atoms with Crippen molar-refractivity contribution in [2.45, 2.75) is 45.6 Å². The van der Waals surface area contributed by atoms with Crippen LogP contribution in [0.15, 0.2) is 23.1 Å². The number of carbonyl (C=O) groups excluding carboxylic acids is 1. The molecule has 0 bridgehead atoms. The smallest absolute Gasteiger partial charge is 0.341 e. The number of benzene rings is 1. The summed E-state index contributed by atoms with van der Waals surface area (Å²) in [5, 5.41) is 12.8. The lowest BCUT2D eigenvalue weighted by Gasteiger charge is -2.24. The standard InChI is InChI=1S/C22H27N3O4/c1-13-19(24-10-8-15(11-24)7-9-23-14(2)26)6-5-17-20(13)25(16-3-4-16)12-18(21(17)27)22(28)29/h5-6,12,15-16H,3-4,7-11H2,1-2H3,(H,23,26)(H,28,29). The number of amides is 1. The first-order valence-corrected chi connectivity index (χ1v) is 10.3. The molecule has 2 fully saturated rings. The van der Waals surface area contributed by atoms with Gasteiger partial charge >= 0.3 is 5.97 Å². The van der Waals surface area contributed by atoms with E-state index in [0.29, 0.717) is 17.8 Å². The number of carboxylic acid groups (broad SMARTS) is 1. The van der Waals surface area contributed by atoms with Gasteiger partial charge < -0.3 is 19.9 Å². The van der Waals surface area contributed by atoms with Gasteiger partial charge in [0.05, 0.1) is 5.52 Å². The van der Waals surface area contributed by atoms with Gasteiger partial charge in [0.25, 0.3) is 0 Å². The summed E-state index contributed by atoms with van der Waals surface area (Å²) in [5.41, 5.74) is 2.44. The molecule has 2 aromatic rings. The Hall–Kier alpha value is -2.83. The maximum absolute atomic E-state index is 12.7. The SMILES string of the molecule is CC(=O)NCCC1CCN(c2ccc3c(=O)c(C(=O)O)cn(C4CC4)c3c2C)C1. The number of hydrogen-bond acceptors (Lipinski definition) is 4. The van der Waals surface area contributed by atoms with Crippen molar-refractivity contribution >= 4 is 28.5 Å². The molecule has 1 unspecified atom stereocenters. The van der Waals surface area contributed by atoms with Gasteiger partial charge in [0.2, 0.25) is 11.3 Å². The molecule has 1 aliphatic heterocycles. The van der Waals surface area contributed by atoms with E-state index in [1.165, 1.54) is 13.1 Å². The summed E-state index contributed by atoms with van der Waals surface area (Å²) in [6.07, 6.45) is 5.58. The number of hydrogen-bond donors (Lipinski definition) is 2. The van der Waals surface area contributed by atoms with Crippen molar-refractivity contribution in [2.75, 3.05) is 24.5 Å². The van der Waals surface area contributed by atoms with Crippen molar-refractivity contribution in [3.8, 4) is 0 Å². The zero-order valence-electron chi connectivity index (χ0n) is 16.9. The van der Waals surface area contributed by atoms with Crippen LogP contribution in [0.4, 0.5) is 5.69 Å². The third-order valence-corrected chi connectivity index (χ3v) is 6.14. The average molecular weight is 397 g/mol. The lowest BCUT2D eigenvalue weighted by atomic mass is 10.0. The molecule has 4 rings (SSSR count). The second-order valence-electron chi connectivity index (χ2n) is 8.29. The first-order chi connectivity index (χ1) is 13.9. The molecular weight excluding hydrogens is 370 g/mol. The number of nitrogens with one attached hydrogen (secondary N) is 1. The molecule has 0 spiro atoms. The number of aromatic nitrogens is 1. The van der Waals surface area contributed by atoms with Crippen LogP contribution in [0.1, 0.15) is 54.6 Å². The number of nitrogens with zero attached hydrogens (tertiary/aromatic N) is 2. The van der Waals surface area contributed by atoms with Crippen molar-refractivity contribution in [1.82, 2.24) is 9.88 Å². The minimum atomic E-state index is -1.17. The highest BCUT2D eigenvalue weighted by Crippen LogP contribution is 2.39. The molecule has 29 heavy (non-hydrogen) atoms. The van der Waals surface area contributed by atoms with Crippen LogP contribution in [0.3, 0.4) is 0 Å². The maximum atomic E-state index is 12.7. The summed E-state index contributed by atoms with van der Waals surface area (Å²) >= 11 is 0. The zero-order chi connectivity index (χ0) is 20.7. The Bertz CT molecular complexity index is 1040. The lowest BCUT2D eigenvalue weighted by molar-refractivity contribution is -0.119. The molecule has 1 aromatic heterocycles. The fraction of sp³-hybridized carbons (Fsp3) is 0.500. The van der Waals surface area contributed by atoms with E-state index >= 15 is 0 Å². The molecule has 154 valence electrons. The lowest BCUT2D eigenvalue weighted by Crippen LogP contribution is -2.25. The summed E-state index contributed by atoms with van der Waals surface area (Å²) in [4.78, 5) is 37.7. The van der Waals surface area contributed by atoms with E-state index in [2.05, 4.69) is 10.2 Å². The minimum Gasteiger partial charge on any atom is -0.477 e. The number of fused-ring (bicyclic) bond motifs is 1. The predicted molar refractivity (Wildman–Crippen MR) is 112 cm³/mol. The highest BCUT2D eigenvalue weighted by Gasteiger charge is 2.29. The van der Waals surface area contributed by atoms with Crippen LogP contribution in [0, 0.1) is 12.8 Å². The summed E-state index contributed by atoms with van der Waals surface area (Å²) in [6.45, 7) is 6.13. The van der Waals surface area contributed by atoms with Crippen LogP contribution >= 0.6 is 0 Å². The predicted octanol–water partition coefficient (Wildman–Crippen LogP) is 2.70. The molecule has 2 heterocycles. The molecule has 1 saturated heterocycles. The number of aryl methyl sites for hydroxylation is 1. The van der Waals surface area contributed by atoms with Gasteiger partial charge in [-0.05, 0) is 56.2 Å². The molecule has 1 amide bonds. The van der Waals surface area contributed by atoms with Crippen LogP contribution in [0.25, 0.3) is 10.9 Å². The largest absolute Gasteiger partial charge is 0.477 e. The Balaban J connectivity index is 1.67. The van der Waals surface area contributed by atoms with Crippen molar-refractivity contribution in [3.63, 3.8) is 0 Å². The molecular formula is C22H27N3O4. The van der Waals surface area contributed by atoms with Crippen LogP contribution in [-0.4, -0.2) is 41.2 Å². The Kier molecular flexibility index (Phi) is 5.06. The van der Waals surface area contributed by atoms with Crippen molar-refractivity contribution in [3.05, 3.63) is 39.7 Å². The normalized spacial score (nSPS) is 19.0. The van der Waals surface area contributed by atoms with Crippen LogP contribution < -0.4 is 15.6 Å². The van der Waals surface area contributed by atoms with E-state index in [9.17, 15) is 19.5 Å². The highest BCUT2D eigenvalue weighted by atomic mass is 16.4. The molecule has 7 heteroatoms. The summed E-state index contributed by atoms with van der Waals surface area (Å²) < 4.78 is 2.00. The van der Waals surface area contributed by atoms with E-state index in [1.54, 1.807) is 6.07 Å². The second-order valence-corrected chi connectivity index (χ2v) is 8.29. The Morgan fingerprint density at radius 3 is 2.66 bits per heavy atom. The minimum absolute atomic E-state index is 0.00371. The molecule has 1 saturated carbocycles. The number of carboxylic acids is 1. The topological polar surface area (TPSA) is 91.6 Å². The van der Waals surface area contributed by atoms with Crippen molar-refractivity contribution in [2.24, 2.45) is 5.92 Å². The highest BCUT2D eigenvalue weighted by molar-refractivity contribution is 5.95. The molecule has 7 nitrogen and oxygen atoms in total. The summed E-state index contributed by atoms with van der Waals surface area (Å²) in [7, 11) is 0. The first-order valence-electron chi connectivity index (χ1n) is 10.3. The molecule has 1 atom stereocenters. The third kappa shape index (κ3) is 3.73. The van der Waals surface area contributed by atoms with Gasteiger partial charge in [-0.2, -0.15) is 0 Å². The number of rotatable bonds is 6. The Morgan fingerprint density at radius 2 is 2.00 bits per heavy atom. The second kappa shape index (κ2) is 7.54. The fourth-order valence-electron chi connectivity index (χ4n) is 4.49. The fourth-order valence-corrected chi connectivity index (χ4v) is 4.49. The van der Waals surface area contributed by atoms with Gasteiger partial charge in [-0.25, -0.2) is 4.79 Å². The first kappa shape index (κ1) is 19.5. The van der Waals surface area contributed by atoms with Crippen LogP contribution in [0.2, 0.25) is 0 Å². The van der Waals surface area contributed by atoms with Gasteiger partial charge in [0.15, 0.2) is 0 Å². The molecule has 2 N–H and O–H groups in total. The van der Waals surface area contributed by atoms with E-state index in [-0.39, 0.29) is 17.5 Å². The van der Waals surface area contributed by atoms with Gasteiger partial charge in [0.1, 0.15) is 5.56 Å². The van der Waals surface area contributed by atoms with Crippen molar-refractivity contribution < 1.29 is 14.7 Å². The summed E-state index contributed by atoms with van der Waals surface area (Å²) in [6, 6.07) is 4.02. The number of carbonyl (C=O) groups is 2. The van der Waals surface area contributed by atoms with Gasteiger partial charge in [-0.3, -0.25) is 9.59 Å². The van der Waals surface area contributed by atoms with Crippen LogP contribution in [0.5, 0.6) is 0 Å². The molecule has 0 radical (unpaired) electrons. The maximum Gasteiger partial charge on any atom is 0.341 e. The Morgan fingerprint density at radius 1 is 1.24 bits per heavy atom. The monoisotopic (exact) mass is 397 g/mol. The van der Waals surface area contributed by atoms with Crippen LogP contribution in [-0.2, 0) is 4.79 Å². The van der Waals surface area contributed by atoms with Gasteiger partial charge in [-0.1, -0.05) is 0 Å². The van der Waals surface area contributed by atoms with E-state index in [0.717, 1.165) is 55.5 Å². The number of aromatic carboxylic acids is 1. The molecule has 1 aromatic carbocycles. The zero-order valence-corrected chi connectivity index (χ0v) is 16.9. The van der Waals surface area contributed by atoms with Gasteiger partial charge in [0, 0.05) is 49.9 Å².